The van der Waals surface area contributed by atoms with E-state index in [4.69, 9.17) is 10.3 Å². The molecule has 2 aromatic rings. The fourth-order valence-corrected chi connectivity index (χ4v) is 3.25. The van der Waals surface area contributed by atoms with Crippen LogP contribution in [-0.2, 0) is 14.3 Å². The Kier molecular flexibility index (Phi) is 6.56. The topological polar surface area (TPSA) is 136 Å². The number of carboxylic acids is 1. The van der Waals surface area contributed by atoms with Gasteiger partial charge in [0.05, 0.1) is 18.6 Å². The van der Waals surface area contributed by atoms with Gasteiger partial charge < -0.3 is 20.5 Å². The van der Waals surface area contributed by atoms with Crippen LogP contribution in [0.25, 0.3) is 21.6 Å². The highest BCUT2D eigenvalue weighted by atomic mass is 16.5. The lowest BCUT2D eigenvalue weighted by Crippen LogP contribution is -2.54. The first kappa shape index (κ1) is 20.8. The Morgan fingerprint density at radius 3 is 2.40 bits per heavy atom. The number of nitrogens with one attached hydrogen (secondary N) is 2. The molecule has 9 heteroatoms. The molecule has 3 atom stereocenters. The monoisotopic (exact) mass is 407 g/mol. The zero-order valence-corrected chi connectivity index (χ0v) is 16.2. The molecule has 3 N–H and O–H groups in total. The summed E-state index contributed by atoms with van der Waals surface area (Å²) >= 11 is 0. The summed E-state index contributed by atoms with van der Waals surface area (Å²) in [6.45, 7) is 1.52. The molecule has 0 aliphatic carbocycles. The molecule has 0 bridgehead atoms. The molecule has 3 rings (SSSR count). The van der Waals surface area contributed by atoms with Crippen molar-refractivity contribution in [2.45, 2.75) is 25.1 Å². The molecule has 0 aromatic heterocycles. The van der Waals surface area contributed by atoms with Crippen LogP contribution in [0.5, 0.6) is 0 Å². The summed E-state index contributed by atoms with van der Waals surface area (Å²) in [7, 11) is 0. The van der Waals surface area contributed by atoms with E-state index in [1.807, 2.05) is 54.6 Å². The summed E-state index contributed by atoms with van der Waals surface area (Å²) in [6, 6.07) is 16.1. The Bertz CT molecular complexity index is 984. The number of anilines is 1. The van der Waals surface area contributed by atoms with Crippen LogP contribution in [0.4, 0.5) is 5.69 Å². The van der Waals surface area contributed by atoms with E-state index in [2.05, 4.69) is 20.7 Å². The molecule has 0 saturated carbocycles. The fraction of sp³-hybridized carbons (Fsp3) is 0.238. The summed E-state index contributed by atoms with van der Waals surface area (Å²) in [5.74, 6) is -1.93. The number of hydrogen-bond acceptors (Lipinski definition) is 5. The second-order valence-electron chi connectivity index (χ2n) is 6.74. The van der Waals surface area contributed by atoms with E-state index in [0.29, 0.717) is 0 Å². The van der Waals surface area contributed by atoms with Gasteiger partial charge in [0.2, 0.25) is 11.7 Å². The number of azide groups is 1. The van der Waals surface area contributed by atoms with Gasteiger partial charge in [-0.2, -0.15) is 0 Å². The minimum Gasteiger partial charge on any atom is -0.479 e. The molecule has 1 unspecified atom stereocenters. The first-order valence-corrected chi connectivity index (χ1v) is 9.30. The average Bonchev–Trinajstić information content (AvgIpc) is 2.74. The number of aliphatic carboxylic acids is 1. The van der Waals surface area contributed by atoms with Gasteiger partial charge in [0.15, 0.2) is 0 Å². The third kappa shape index (κ3) is 5.09. The van der Waals surface area contributed by atoms with Crippen molar-refractivity contribution in [2.75, 3.05) is 11.9 Å². The predicted octanol–water partition coefficient (Wildman–Crippen LogP) is 3.32. The molecule has 1 aliphatic rings. The molecule has 1 aliphatic heterocycles. The van der Waals surface area contributed by atoms with Gasteiger partial charge in [-0.3, -0.25) is 4.79 Å². The normalized spacial score (nSPS) is 20.2. The number of ether oxygens (including phenoxy) is 1. The van der Waals surface area contributed by atoms with Crippen LogP contribution in [-0.4, -0.2) is 41.7 Å². The van der Waals surface area contributed by atoms with E-state index in [9.17, 15) is 14.7 Å². The number of nitrogens with zero attached hydrogens (tertiary/aromatic N) is 3. The van der Waals surface area contributed by atoms with Crippen molar-refractivity contribution in [3.8, 4) is 11.1 Å². The van der Waals surface area contributed by atoms with E-state index < -0.39 is 24.2 Å². The Morgan fingerprint density at radius 2 is 1.80 bits per heavy atom. The number of benzene rings is 2. The number of rotatable bonds is 7. The highest BCUT2D eigenvalue weighted by molar-refractivity contribution is 5.84. The minimum atomic E-state index is -1.27. The van der Waals surface area contributed by atoms with Gasteiger partial charge in [0, 0.05) is 17.5 Å². The lowest BCUT2D eigenvalue weighted by atomic mass is 9.98. The van der Waals surface area contributed by atoms with Crippen LogP contribution in [0.3, 0.4) is 0 Å². The maximum absolute atomic E-state index is 11.6. The van der Waals surface area contributed by atoms with Gasteiger partial charge in [0.25, 0.3) is 0 Å². The van der Waals surface area contributed by atoms with Gasteiger partial charge in [-0.15, -0.1) is 0 Å². The Morgan fingerprint density at radius 1 is 1.13 bits per heavy atom. The van der Waals surface area contributed by atoms with E-state index in [0.717, 1.165) is 16.8 Å². The third-order valence-electron chi connectivity index (χ3n) is 4.63. The highest BCUT2D eigenvalue weighted by Gasteiger charge is 2.37. The molecule has 0 saturated heterocycles. The van der Waals surface area contributed by atoms with Crippen molar-refractivity contribution in [3.63, 3.8) is 0 Å². The van der Waals surface area contributed by atoms with Gasteiger partial charge in [-0.05, 0) is 34.9 Å². The van der Waals surface area contributed by atoms with E-state index >= 15 is 0 Å². The number of carbonyl (C=O) groups excluding carboxylic acids is 1. The number of hydrogen-bond donors (Lipinski definition) is 3. The van der Waals surface area contributed by atoms with Crippen molar-refractivity contribution in [1.82, 2.24) is 5.32 Å². The molecule has 0 radical (unpaired) electrons. The molecule has 2 aromatic carbocycles. The summed E-state index contributed by atoms with van der Waals surface area (Å²) in [5, 5.41) is 18.8. The molecule has 0 fully saturated rings. The standard InChI is InChI=1S/C21H21N5O4/c1-13(27)24-20-17(25-26-22)11-18(21(28)29)30-19(20)12-23-16-9-7-15(8-10-16)14-5-3-2-4-6-14/h2-11,17,19-20,23H,12H2,1H3,(H,24,27)(H,28,29)/t17?,19-,20+/m0/s1. The van der Waals surface area contributed by atoms with Crippen LogP contribution >= 0.6 is 0 Å². The maximum atomic E-state index is 11.6. The molecule has 1 amide bonds. The van der Waals surface area contributed by atoms with E-state index in [-0.39, 0.29) is 18.2 Å². The summed E-state index contributed by atoms with van der Waals surface area (Å²) in [4.78, 5) is 25.8. The molecule has 154 valence electrons. The van der Waals surface area contributed by atoms with Gasteiger partial charge in [-0.1, -0.05) is 47.6 Å². The first-order chi connectivity index (χ1) is 14.5. The van der Waals surface area contributed by atoms with Crippen LogP contribution in [0.2, 0.25) is 0 Å². The second kappa shape index (κ2) is 9.49. The van der Waals surface area contributed by atoms with Gasteiger partial charge in [0.1, 0.15) is 6.10 Å². The van der Waals surface area contributed by atoms with E-state index in [1.54, 1.807) is 0 Å². The zero-order chi connectivity index (χ0) is 21.5. The number of carbonyl (C=O) groups is 2. The Labute approximate surface area is 173 Å². The van der Waals surface area contributed by atoms with Gasteiger partial charge in [-0.25, -0.2) is 4.79 Å². The smallest absolute Gasteiger partial charge is 0.370 e. The van der Waals surface area contributed by atoms with Crippen LogP contribution < -0.4 is 10.6 Å². The largest absolute Gasteiger partial charge is 0.479 e. The van der Waals surface area contributed by atoms with Crippen molar-refractivity contribution in [2.24, 2.45) is 5.11 Å². The van der Waals surface area contributed by atoms with E-state index in [1.165, 1.54) is 13.0 Å². The molecule has 30 heavy (non-hydrogen) atoms. The van der Waals surface area contributed by atoms with Crippen molar-refractivity contribution < 1.29 is 19.4 Å². The molecule has 9 nitrogen and oxygen atoms in total. The molecule has 0 spiro atoms. The Hall–Kier alpha value is -3.97. The Balaban J connectivity index is 1.75. The molecular formula is C21H21N5O4. The lowest BCUT2D eigenvalue weighted by Gasteiger charge is -2.35. The highest BCUT2D eigenvalue weighted by Crippen LogP contribution is 2.24. The fourth-order valence-electron chi connectivity index (χ4n) is 3.25. The third-order valence-corrected chi connectivity index (χ3v) is 4.63. The molecular weight excluding hydrogens is 386 g/mol. The van der Waals surface area contributed by atoms with Crippen molar-refractivity contribution in [3.05, 3.63) is 76.9 Å². The van der Waals surface area contributed by atoms with Crippen LogP contribution in [0.15, 0.2) is 71.5 Å². The second-order valence-corrected chi connectivity index (χ2v) is 6.74. The SMILES string of the molecule is CC(=O)N[C@@H]1C(N=[N+]=[N-])C=C(C(=O)O)O[C@H]1CNc1ccc(-c2ccccc2)cc1. The number of carboxylic acid groups (broad SMARTS) is 1. The van der Waals surface area contributed by atoms with Crippen LogP contribution in [0, 0.1) is 0 Å². The van der Waals surface area contributed by atoms with Crippen molar-refractivity contribution in [1.29, 1.82) is 0 Å². The first-order valence-electron chi connectivity index (χ1n) is 9.30. The maximum Gasteiger partial charge on any atom is 0.370 e. The summed E-state index contributed by atoms with van der Waals surface area (Å²) in [6.07, 6.45) is 0.447. The average molecular weight is 407 g/mol. The molecule has 1 heterocycles. The minimum absolute atomic E-state index is 0.192. The summed E-state index contributed by atoms with van der Waals surface area (Å²) < 4.78 is 5.55. The quantitative estimate of drug-likeness (QED) is 0.367. The van der Waals surface area contributed by atoms with Crippen molar-refractivity contribution >= 4 is 17.6 Å². The van der Waals surface area contributed by atoms with Gasteiger partial charge >= 0.3 is 5.97 Å². The lowest BCUT2D eigenvalue weighted by molar-refractivity contribution is -0.138. The zero-order valence-electron chi connectivity index (χ0n) is 16.2. The number of amides is 1. The predicted molar refractivity (Wildman–Crippen MR) is 111 cm³/mol. The van der Waals surface area contributed by atoms with Crippen LogP contribution in [0.1, 0.15) is 6.92 Å². The summed E-state index contributed by atoms with van der Waals surface area (Å²) in [5.41, 5.74) is 11.8.